The predicted molar refractivity (Wildman–Crippen MR) is 119 cm³/mol. The third-order valence-corrected chi connectivity index (χ3v) is 4.82. The maximum atomic E-state index is 12.4. The second-order valence-corrected chi connectivity index (χ2v) is 7.36. The van der Waals surface area contributed by atoms with Gasteiger partial charge in [-0.05, 0) is 47.2 Å². The summed E-state index contributed by atoms with van der Waals surface area (Å²) < 4.78 is 0. The number of carbonyl (C=O) groups excluding carboxylic acids is 1. The number of hydrogen-bond acceptors (Lipinski definition) is 4. The van der Waals surface area contributed by atoms with Crippen LogP contribution in [0.4, 0.5) is 5.69 Å². The fraction of sp³-hybridized carbons (Fsp3) is 0.318. The average Bonchev–Trinajstić information content (AvgIpc) is 3.18. The number of nitrogens with one attached hydrogen (secondary N) is 2. The zero-order chi connectivity index (χ0) is 20.1. The fourth-order valence-electron chi connectivity index (χ4n) is 3.04. The number of aromatic nitrogens is 3. The summed E-state index contributed by atoms with van der Waals surface area (Å²) in [6.07, 6.45) is 0.434. The topological polar surface area (TPSA) is 96.7 Å². The van der Waals surface area contributed by atoms with Crippen LogP contribution in [0.5, 0.6) is 0 Å². The van der Waals surface area contributed by atoms with Crippen molar-refractivity contribution in [2.45, 2.75) is 45.6 Å². The number of nitrogens with two attached hydrogens (primary N) is 1. The molecule has 0 aliphatic heterocycles. The summed E-state index contributed by atoms with van der Waals surface area (Å²) in [6.45, 7) is 6.75. The smallest absolute Gasteiger partial charge is 0.224 e. The lowest BCUT2D eigenvalue weighted by atomic mass is 9.94. The standard InChI is InChI=1S/C22H27N5O.ClH/c1-14(2)16-4-6-17(7-5-16)15(3)12-21(28)24-19-10-8-18(9-11-19)22-25-20(13-23)26-27-22;/h4-11,14-15H,12-13,23H2,1-3H3,(H,24,28)(H,25,26,27);1H. The van der Waals surface area contributed by atoms with Crippen LogP contribution in [0.25, 0.3) is 11.4 Å². The molecule has 0 aliphatic rings. The first-order valence-corrected chi connectivity index (χ1v) is 9.57. The van der Waals surface area contributed by atoms with Gasteiger partial charge in [0.1, 0.15) is 5.82 Å². The molecular weight excluding hydrogens is 386 g/mol. The Labute approximate surface area is 177 Å². The molecule has 4 N–H and O–H groups in total. The lowest BCUT2D eigenvalue weighted by Crippen LogP contribution is -2.14. The van der Waals surface area contributed by atoms with Crippen LogP contribution in [0.1, 0.15) is 56.0 Å². The number of hydrogen-bond donors (Lipinski definition) is 3. The third kappa shape index (κ3) is 5.89. The Morgan fingerprint density at radius 2 is 1.66 bits per heavy atom. The largest absolute Gasteiger partial charge is 0.326 e. The molecule has 3 aromatic rings. The van der Waals surface area contributed by atoms with E-state index in [1.165, 1.54) is 11.1 Å². The van der Waals surface area contributed by atoms with Gasteiger partial charge in [-0.1, -0.05) is 45.0 Å². The third-order valence-electron chi connectivity index (χ3n) is 4.82. The number of carbonyl (C=O) groups is 1. The van der Waals surface area contributed by atoms with Crippen LogP contribution in [0.15, 0.2) is 48.5 Å². The molecule has 1 amide bonds. The molecule has 0 saturated carbocycles. The first-order valence-electron chi connectivity index (χ1n) is 9.57. The summed E-state index contributed by atoms with van der Waals surface area (Å²) in [4.78, 5) is 16.7. The van der Waals surface area contributed by atoms with E-state index in [0.717, 1.165) is 11.3 Å². The van der Waals surface area contributed by atoms with Crippen molar-refractivity contribution in [3.05, 3.63) is 65.5 Å². The highest BCUT2D eigenvalue weighted by atomic mass is 35.5. The van der Waals surface area contributed by atoms with Crippen LogP contribution < -0.4 is 11.1 Å². The van der Waals surface area contributed by atoms with Gasteiger partial charge in [0.25, 0.3) is 0 Å². The molecule has 1 aromatic heterocycles. The molecule has 29 heavy (non-hydrogen) atoms. The van der Waals surface area contributed by atoms with Gasteiger partial charge in [-0.25, -0.2) is 4.98 Å². The summed E-state index contributed by atoms with van der Waals surface area (Å²) in [7, 11) is 0. The van der Waals surface area contributed by atoms with E-state index in [1.54, 1.807) is 0 Å². The van der Waals surface area contributed by atoms with Gasteiger partial charge in [-0.3, -0.25) is 9.89 Å². The van der Waals surface area contributed by atoms with Crippen LogP contribution in [0.2, 0.25) is 0 Å². The number of aromatic amines is 1. The number of H-pyrrole nitrogens is 1. The molecule has 1 heterocycles. The van der Waals surface area contributed by atoms with E-state index in [-0.39, 0.29) is 24.2 Å². The Morgan fingerprint density at radius 1 is 1.03 bits per heavy atom. The molecule has 0 aliphatic carbocycles. The molecule has 7 heteroatoms. The predicted octanol–water partition coefficient (Wildman–Crippen LogP) is 4.61. The first-order chi connectivity index (χ1) is 13.5. The second-order valence-electron chi connectivity index (χ2n) is 7.36. The zero-order valence-electron chi connectivity index (χ0n) is 17.0. The van der Waals surface area contributed by atoms with Crippen LogP contribution in [-0.4, -0.2) is 21.1 Å². The van der Waals surface area contributed by atoms with Crippen molar-refractivity contribution in [3.8, 4) is 11.4 Å². The molecule has 154 valence electrons. The van der Waals surface area contributed by atoms with Crippen molar-refractivity contribution in [3.63, 3.8) is 0 Å². The van der Waals surface area contributed by atoms with Gasteiger partial charge in [-0.2, -0.15) is 5.10 Å². The molecule has 1 unspecified atom stereocenters. The first kappa shape index (κ1) is 22.6. The molecule has 0 radical (unpaired) electrons. The van der Waals surface area contributed by atoms with E-state index >= 15 is 0 Å². The molecular formula is C22H28ClN5O. The Balaban J connectivity index is 0.00000300. The molecule has 1 atom stereocenters. The maximum Gasteiger partial charge on any atom is 0.224 e. The van der Waals surface area contributed by atoms with Gasteiger partial charge < -0.3 is 11.1 Å². The monoisotopic (exact) mass is 413 g/mol. The minimum absolute atomic E-state index is 0. The average molecular weight is 414 g/mol. The summed E-state index contributed by atoms with van der Waals surface area (Å²) >= 11 is 0. The number of amides is 1. The molecule has 0 saturated heterocycles. The summed E-state index contributed by atoms with van der Waals surface area (Å²) in [6, 6.07) is 16.0. The normalized spacial score (nSPS) is 11.8. The lowest BCUT2D eigenvalue weighted by Gasteiger charge is -2.14. The van der Waals surface area contributed by atoms with E-state index in [2.05, 4.69) is 65.5 Å². The minimum atomic E-state index is -0.00324. The van der Waals surface area contributed by atoms with Crippen LogP contribution >= 0.6 is 12.4 Å². The highest BCUT2D eigenvalue weighted by molar-refractivity contribution is 5.91. The van der Waals surface area contributed by atoms with E-state index in [9.17, 15) is 4.79 Å². The van der Waals surface area contributed by atoms with Gasteiger partial charge >= 0.3 is 0 Å². The number of anilines is 1. The number of benzene rings is 2. The highest BCUT2D eigenvalue weighted by Crippen LogP contribution is 2.23. The molecule has 3 rings (SSSR count). The van der Waals surface area contributed by atoms with Gasteiger partial charge in [0.15, 0.2) is 5.82 Å². The molecule has 0 fully saturated rings. The maximum absolute atomic E-state index is 12.4. The van der Waals surface area contributed by atoms with Crippen molar-refractivity contribution >= 4 is 24.0 Å². The fourth-order valence-corrected chi connectivity index (χ4v) is 3.04. The van der Waals surface area contributed by atoms with Crippen molar-refractivity contribution in [1.82, 2.24) is 15.2 Å². The van der Waals surface area contributed by atoms with Crippen molar-refractivity contribution in [2.75, 3.05) is 5.32 Å². The number of nitrogens with zero attached hydrogens (tertiary/aromatic N) is 2. The van der Waals surface area contributed by atoms with E-state index in [4.69, 9.17) is 5.73 Å². The van der Waals surface area contributed by atoms with Gasteiger partial charge in [0.2, 0.25) is 5.91 Å². The van der Waals surface area contributed by atoms with Crippen molar-refractivity contribution < 1.29 is 4.79 Å². The summed E-state index contributed by atoms with van der Waals surface area (Å²) in [5.74, 6) is 1.90. The highest BCUT2D eigenvalue weighted by Gasteiger charge is 2.12. The minimum Gasteiger partial charge on any atom is -0.326 e. The van der Waals surface area contributed by atoms with Crippen LogP contribution in [0, 0.1) is 0 Å². The molecule has 0 bridgehead atoms. The van der Waals surface area contributed by atoms with Gasteiger partial charge in [-0.15, -0.1) is 12.4 Å². The van der Waals surface area contributed by atoms with Crippen molar-refractivity contribution in [1.29, 1.82) is 0 Å². The van der Waals surface area contributed by atoms with E-state index in [1.807, 2.05) is 24.3 Å². The van der Waals surface area contributed by atoms with Gasteiger partial charge in [0.05, 0.1) is 6.54 Å². The summed E-state index contributed by atoms with van der Waals surface area (Å²) in [5.41, 5.74) is 9.65. The van der Waals surface area contributed by atoms with Gasteiger partial charge in [0, 0.05) is 17.7 Å². The second kappa shape index (κ2) is 10.2. The molecule has 0 spiro atoms. The summed E-state index contributed by atoms with van der Waals surface area (Å²) in [5, 5.41) is 9.89. The quantitative estimate of drug-likeness (QED) is 0.527. The van der Waals surface area contributed by atoms with Crippen LogP contribution in [0.3, 0.4) is 0 Å². The number of rotatable bonds is 7. The Kier molecular flexibility index (Phi) is 7.93. The van der Waals surface area contributed by atoms with E-state index in [0.29, 0.717) is 30.5 Å². The molecule has 2 aromatic carbocycles. The zero-order valence-corrected chi connectivity index (χ0v) is 17.8. The molecule has 6 nitrogen and oxygen atoms in total. The number of halogens is 1. The van der Waals surface area contributed by atoms with Crippen molar-refractivity contribution in [2.24, 2.45) is 5.73 Å². The Bertz CT molecular complexity index is 919. The Morgan fingerprint density at radius 3 is 2.21 bits per heavy atom. The SMILES string of the molecule is CC(C)c1ccc(C(C)CC(=O)Nc2ccc(-c3n[nH]c(CN)n3)cc2)cc1.Cl. The Hall–Kier alpha value is -2.70. The lowest BCUT2D eigenvalue weighted by molar-refractivity contribution is -0.116. The van der Waals surface area contributed by atoms with Crippen LogP contribution in [-0.2, 0) is 11.3 Å². The van der Waals surface area contributed by atoms with E-state index < -0.39 is 0 Å².